The summed E-state index contributed by atoms with van der Waals surface area (Å²) in [7, 11) is -3.32. The maximum Gasteiger partial charge on any atom is 0.281 e. The van der Waals surface area contributed by atoms with Gasteiger partial charge in [-0.2, -0.15) is 17.0 Å². The minimum Gasteiger partial charge on any atom is -0.356 e. The molecule has 0 aromatic heterocycles. The van der Waals surface area contributed by atoms with E-state index in [1.165, 1.54) is 0 Å². The molecule has 2 rings (SSSR count). The van der Waals surface area contributed by atoms with Gasteiger partial charge in [0.25, 0.3) is 10.2 Å². The molecule has 0 saturated carbocycles. The van der Waals surface area contributed by atoms with E-state index in [2.05, 4.69) is 24.1 Å². The van der Waals surface area contributed by atoms with Gasteiger partial charge in [-0.25, -0.2) is 0 Å². The van der Waals surface area contributed by atoms with E-state index < -0.39 is 10.2 Å². The molecular weight excluding hydrogens is 340 g/mol. The van der Waals surface area contributed by atoms with Crippen LogP contribution in [0.3, 0.4) is 0 Å². The fourth-order valence-corrected chi connectivity index (χ4v) is 5.35. The number of carbonyl (C=O) groups is 1. The van der Waals surface area contributed by atoms with Crippen LogP contribution >= 0.6 is 0 Å². The largest absolute Gasteiger partial charge is 0.356 e. The minimum absolute atomic E-state index is 0.0570. The Morgan fingerprint density at radius 1 is 1.04 bits per heavy atom. The SMILES string of the molecule is CCN(CC)CCCNC(=O)C1CCN(S(=O)(=O)N2CCCC2)CC1. The first-order chi connectivity index (χ1) is 12.0. The summed E-state index contributed by atoms with van der Waals surface area (Å²) in [5, 5.41) is 3.02. The third kappa shape index (κ3) is 5.64. The van der Waals surface area contributed by atoms with Crippen molar-refractivity contribution in [2.75, 3.05) is 52.4 Å². The highest BCUT2D eigenvalue weighted by Crippen LogP contribution is 2.23. The lowest BCUT2D eigenvalue weighted by molar-refractivity contribution is -0.126. The number of amides is 1. The Morgan fingerprint density at radius 2 is 1.60 bits per heavy atom. The third-order valence-electron chi connectivity index (χ3n) is 5.39. The maximum absolute atomic E-state index is 12.5. The van der Waals surface area contributed by atoms with Gasteiger partial charge in [0.1, 0.15) is 0 Å². The topological polar surface area (TPSA) is 73.0 Å². The lowest BCUT2D eigenvalue weighted by Crippen LogP contribution is -2.48. The van der Waals surface area contributed by atoms with Crippen LogP contribution in [0.1, 0.15) is 46.0 Å². The Balaban J connectivity index is 1.69. The van der Waals surface area contributed by atoms with Gasteiger partial charge in [-0.1, -0.05) is 13.8 Å². The van der Waals surface area contributed by atoms with Crippen molar-refractivity contribution in [2.24, 2.45) is 5.92 Å². The molecule has 2 fully saturated rings. The van der Waals surface area contributed by atoms with Gasteiger partial charge < -0.3 is 10.2 Å². The summed E-state index contributed by atoms with van der Waals surface area (Å²) in [5.74, 6) is 0.0243. The second-order valence-electron chi connectivity index (χ2n) is 6.96. The van der Waals surface area contributed by atoms with Crippen molar-refractivity contribution in [1.82, 2.24) is 18.8 Å². The van der Waals surface area contributed by atoms with Crippen molar-refractivity contribution in [2.45, 2.75) is 46.0 Å². The number of hydrogen-bond acceptors (Lipinski definition) is 4. The molecule has 8 heteroatoms. The number of piperidine rings is 1. The second kappa shape index (κ2) is 9.85. The van der Waals surface area contributed by atoms with Crippen LogP contribution in [0.15, 0.2) is 0 Å². The van der Waals surface area contributed by atoms with E-state index in [9.17, 15) is 13.2 Å². The fourth-order valence-electron chi connectivity index (χ4n) is 3.63. The molecule has 2 aliphatic rings. The predicted octanol–water partition coefficient (Wildman–Crippen LogP) is 0.887. The highest BCUT2D eigenvalue weighted by molar-refractivity contribution is 7.86. The summed E-state index contributed by atoms with van der Waals surface area (Å²) in [6.07, 6.45) is 4.09. The molecule has 1 amide bonds. The highest BCUT2D eigenvalue weighted by atomic mass is 32.2. The molecule has 1 N–H and O–H groups in total. The highest BCUT2D eigenvalue weighted by Gasteiger charge is 2.35. The lowest BCUT2D eigenvalue weighted by atomic mass is 9.97. The van der Waals surface area contributed by atoms with Crippen molar-refractivity contribution in [1.29, 1.82) is 0 Å². The van der Waals surface area contributed by atoms with Gasteiger partial charge >= 0.3 is 0 Å². The van der Waals surface area contributed by atoms with Crippen LogP contribution in [-0.2, 0) is 15.0 Å². The van der Waals surface area contributed by atoms with E-state index >= 15 is 0 Å². The molecule has 2 heterocycles. The first kappa shape index (κ1) is 20.6. The van der Waals surface area contributed by atoms with Gasteiger partial charge in [0.2, 0.25) is 5.91 Å². The zero-order chi connectivity index (χ0) is 18.3. The molecule has 0 aromatic carbocycles. The predicted molar refractivity (Wildman–Crippen MR) is 99.4 cm³/mol. The number of hydrogen-bond donors (Lipinski definition) is 1. The van der Waals surface area contributed by atoms with Gasteiger partial charge in [-0.05, 0) is 51.7 Å². The van der Waals surface area contributed by atoms with Gasteiger partial charge in [0.05, 0.1) is 0 Å². The van der Waals surface area contributed by atoms with Crippen molar-refractivity contribution in [3.63, 3.8) is 0 Å². The Hall–Kier alpha value is -0.700. The Morgan fingerprint density at radius 3 is 2.16 bits per heavy atom. The first-order valence-corrected chi connectivity index (χ1v) is 11.1. The molecule has 25 heavy (non-hydrogen) atoms. The molecule has 0 spiro atoms. The molecular formula is C17H34N4O3S. The summed E-state index contributed by atoms with van der Waals surface area (Å²) < 4.78 is 28.2. The maximum atomic E-state index is 12.5. The minimum atomic E-state index is -3.32. The van der Waals surface area contributed by atoms with Crippen LogP contribution in [0.2, 0.25) is 0 Å². The van der Waals surface area contributed by atoms with E-state index in [1.54, 1.807) is 8.61 Å². The quantitative estimate of drug-likeness (QED) is 0.608. The van der Waals surface area contributed by atoms with E-state index in [1.807, 2.05) is 0 Å². The van der Waals surface area contributed by atoms with Gasteiger partial charge in [0, 0.05) is 38.6 Å². The van der Waals surface area contributed by atoms with Crippen LogP contribution in [-0.4, -0.2) is 80.2 Å². The van der Waals surface area contributed by atoms with E-state index in [4.69, 9.17) is 0 Å². The normalized spacial score (nSPS) is 21.1. The number of rotatable bonds is 9. The Bertz CT molecular complexity index is 508. The second-order valence-corrected chi connectivity index (χ2v) is 8.89. The van der Waals surface area contributed by atoms with Gasteiger partial charge in [0.15, 0.2) is 0 Å². The smallest absolute Gasteiger partial charge is 0.281 e. The lowest BCUT2D eigenvalue weighted by Gasteiger charge is -2.33. The van der Waals surface area contributed by atoms with Gasteiger partial charge in [-0.15, -0.1) is 0 Å². The molecule has 2 saturated heterocycles. The van der Waals surface area contributed by atoms with Crippen LogP contribution in [0, 0.1) is 5.92 Å². The molecule has 0 aliphatic carbocycles. The molecule has 0 bridgehead atoms. The Labute approximate surface area is 152 Å². The van der Waals surface area contributed by atoms with Crippen LogP contribution in [0.4, 0.5) is 0 Å². The number of nitrogens with one attached hydrogen (secondary N) is 1. The summed E-state index contributed by atoms with van der Waals surface area (Å²) in [4.78, 5) is 14.6. The molecule has 7 nitrogen and oxygen atoms in total. The van der Waals surface area contributed by atoms with E-state index in [-0.39, 0.29) is 11.8 Å². The molecule has 0 atom stereocenters. The average molecular weight is 375 g/mol. The zero-order valence-corrected chi connectivity index (χ0v) is 16.6. The molecule has 0 aromatic rings. The van der Waals surface area contributed by atoms with Crippen molar-refractivity contribution in [3.8, 4) is 0 Å². The summed E-state index contributed by atoms with van der Waals surface area (Å²) >= 11 is 0. The van der Waals surface area contributed by atoms with Crippen molar-refractivity contribution >= 4 is 16.1 Å². The number of nitrogens with zero attached hydrogens (tertiary/aromatic N) is 3. The Kier molecular flexibility index (Phi) is 8.12. The molecule has 146 valence electrons. The fraction of sp³-hybridized carbons (Fsp3) is 0.941. The summed E-state index contributed by atoms with van der Waals surface area (Å²) in [6, 6.07) is 0. The van der Waals surface area contributed by atoms with E-state index in [0.717, 1.165) is 38.9 Å². The molecule has 0 radical (unpaired) electrons. The zero-order valence-electron chi connectivity index (χ0n) is 15.7. The summed E-state index contributed by atoms with van der Waals surface area (Å²) in [6.45, 7) is 10.2. The third-order valence-corrected chi connectivity index (χ3v) is 7.42. The van der Waals surface area contributed by atoms with Crippen LogP contribution < -0.4 is 5.32 Å². The first-order valence-electron chi connectivity index (χ1n) is 9.74. The molecule has 0 unspecified atom stereocenters. The van der Waals surface area contributed by atoms with Gasteiger partial charge in [-0.3, -0.25) is 4.79 Å². The van der Waals surface area contributed by atoms with Crippen molar-refractivity contribution in [3.05, 3.63) is 0 Å². The van der Waals surface area contributed by atoms with Crippen LogP contribution in [0.5, 0.6) is 0 Å². The summed E-state index contributed by atoms with van der Waals surface area (Å²) in [5.41, 5.74) is 0. The van der Waals surface area contributed by atoms with E-state index in [0.29, 0.717) is 45.6 Å². The van der Waals surface area contributed by atoms with Crippen molar-refractivity contribution < 1.29 is 13.2 Å². The monoisotopic (exact) mass is 374 g/mol. The molecule has 2 aliphatic heterocycles. The number of carbonyl (C=O) groups excluding carboxylic acids is 1. The average Bonchev–Trinajstić information content (AvgIpc) is 3.17. The standard InChI is InChI=1S/C17H34N4O3S/c1-3-19(4-2)11-7-10-18-17(22)16-8-14-21(15-9-16)25(23,24)20-12-5-6-13-20/h16H,3-15H2,1-2H3,(H,18,22). The van der Waals surface area contributed by atoms with Crippen LogP contribution in [0.25, 0.3) is 0 Å².